The van der Waals surface area contributed by atoms with Crippen molar-refractivity contribution < 1.29 is 29.4 Å². The van der Waals surface area contributed by atoms with Crippen LogP contribution < -0.4 is 0 Å². The first kappa shape index (κ1) is 13.4. The van der Waals surface area contributed by atoms with E-state index < -0.39 is 34.7 Å². The van der Waals surface area contributed by atoms with E-state index in [-0.39, 0.29) is 11.1 Å². The van der Waals surface area contributed by atoms with Crippen molar-refractivity contribution in [2.75, 3.05) is 0 Å². The SMILES string of the molecule is O=C(O)C(=O)/C=C/C1=C(O)c2ccccc2C(=O)C1=O. The summed E-state index contributed by atoms with van der Waals surface area (Å²) in [4.78, 5) is 44.9. The van der Waals surface area contributed by atoms with Gasteiger partial charge in [0.25, 0.3) is 5.78 Å². The van der Waals surface area contributed by atoms with Gasteiger partial charge in [-0.25, -0.2) is 4.79 Å². The van der Waals surface area contributed by atoms with Crippen LogP contribution in [0.15, 0.2) is 42.0 Å². The molecule has 2 rings (SSSR count). The molecule has 0 bridgehead atoms. The van der Waals surface area contributed by atoms with Gasteiger partial charge in [0.1, 0.15) is 5.76 Å². The third kappa shape index (κ3) is 2.14. The summed E-state index contributed by atoms with van der Waals surface area (Å²) < 4.78 is 0. The number of allylic oxidation sites excluding steroid dienone is 2. The molecule has 0 atom stereocenters. The first-order valence-electron chi connectivity index (χ1n) is 5.50. The minimum absolute atomic E-state index is 0.0664. The van der Waals surface area contributed by atoms with Crippen LogP contribution in [-0.2, 0) is 14.4 Å². The van der Waals surface area contributed by atoms with E-state index in [1.165, 1.54) is 12.1 Å². The molecule has 1 aliphatic rings. The van der Waals surface area contributed by atoms with Gasteiger partial charge in [0.2, 0.25) is 11.6 Å². The summed E-state index contributed by atoms with van der Waals surface area (Å²) in [7, 11) is 0. The van der Waals surface area contributed by atoms with Crippen LogP contribution in [0.5, 0.6) is 0 Å². The predicted octanol–water partition coefficient (Wildman–Crippen LogP) is 0.931. The van der Waals surface area contributed by atoms with Gasteiger partial charge in [-0.2, -0.15) is 0 Å². The lowest BCUT2D eigenvalue weighted by atomic mass is 9.88. The lowest BCUT2D eigenvalue weighted by Gasteiger charge is -2.15. The van der Waals surface area contributed by atoms with Gasteiger partial charge in [-0.05, 0) is 12.2 Å². The van der Waals surface area contributed by atoms with E-state index in [2.05, 4.69) is 0 Å². The fourth-order valence-electron chi connectivity index (χ4n) is 1.77. The van der Waals surface area contributed by atoms with Crippen LogP contribution in [0.2, 0.25) is 0 Å². The molecule has 1 aromatic rings. The molecule has 6 nitrogen and oxygen atoms in total. The third-order valence-electron chi connectivity index (χ3n) is 2.74. The maximum absolute atomic E-state index is 11.8. The Morgan fingerprint density at radius 1 is 1.00 bits per heavy atom. The molecular weight excluding hydrogens is 264 g/mol. The van der Waals surface area contributed by atoms with Crippen LogP contribution in [0.1, 0.15) is 15.9 Å². The highest BCUT2D eigenvalue weighted by Gasteiger charge is 2.31. The van der Waals surface area contributed by atoms with Crippen LogP contribution in [0.4, 0.5) is 0 Å². The highest BCUT2D eigenvalue weighted by Crippen LogP contribution is 2.28. The van der Waals surface area contributed by atoms with Crippen LogP contribution in [-0.4, -0.2) is 33.5 Å². The molecule has 1 aromatic carbocycles. The van der Waals surface area contributed by atoms with E-state index in [0.29, 0.717) is 6.08 Å². The van der Waals surface area contributed by atoms with Gasteiger partial charge in [-0.3, -0.25) is 14.4 Å². The molecule has 100 valence electrons. The Kier molecular flexibility index (Phi) is 3.30. The summed E-state index contributed by atoms with van der Waals surface area (Å²) in [5.74, 6) is -5.23. The number of carboxylic acids is 1. The lowest BCUT2D eigenvalue weighted by Crippen LogP contribution is -2.23. The smallest absolute Gasteiger partial charge is 0.376 e. The molecular formula is C14H8O6. The zero-order chi connectivity index (χ0) is 14.9. The number of hydrogen-bond donors (Lipinski definition) is 2. The zero-order valence-corrected chi connectivity index (χ0v) is 9.99. The topological polar surface area (TPSA) is 109 Å². The Balaban J connectivity index is 2.53. The monoisotopic (exact) mass is 272 g/mol. The molecule has 0 saturated heterocycles. The van der Waals surface area contributed by atoms with Crippen LogP contribution in [0, 0.1) is 0 Å². The molecule has 0 spiro atoms. The molecule has 0 heterocycles. The summed E-state index contributed by atoms with van der Waals surface area (Å²) in [6.45, 7) is 0. The maximum atomic E-state index is 11.8. The molecule has 0 aliphatic heterocycles. The van der Waals surface area contributed by atoms with Crippen molar-refractivity contribution in [1.82, 2.24) is 0 Å². The number of rotatable bonds is 3. The van der Waals surface area contributed by atoms with Gasteiger partial charge in [0.15, 0.2) is 0 Å². The molecule has 0 amide bonds. The summed E-state index contributed by atoms with van der Waals surface area (Å²) in [5, 5.41) is 18.4. The third-order valence-corrected chi connectivity index (χ3v) is 2.74. The Morgan fingerprint density at radius 3 is 2.20 bits per heavy atom. The fraction of sp³-hybridized carbons (Fsp3) is 0. The normalized spacial score (nSPS) is 14.6. The van der Waals surface area contributed by atoms with Crippen molar-refractivity contribution in [3.8, 4) is 0 Å². The first-order chi connectivity index (χ1) is 9.43. The summed E-state index contributed by atoms with van der Waals surface area (Å²) in [5.41, 5.74) is -0.167. The lowest BCUT2D eigenvalue weighted by molar-refractivity contribution is -0.146. The summed E-state index contributed by atoms with van der Waals surface area (Å²) >= 11 is 0. The molecule has 20 heavy (non-hydrogen) atoms. The van der Waals surface area contributed by atoms with E-state index in [0.717, 1.165) is 6.08 Å². The molecule has 1 aliphatic carbocycles. The van der Waals surface area contributed by atoms with E-state index in [1.54, 1.807) is 12.1 Å². The van der Waals surface area contributed by atoms with Gasteiger partial charge < -0.3 is 10.2 Å². The molecule has 0 radical (unpaired) electrons. The maximum Gasteiger partial charge on any atom is 0.376 e. The standard InChI is InChI=1S/C14H8O6/c15-10(14(19)20)6-5-9-11(16)7-3-1-2-4-8(7)12(17)13(9)18/h1-6,16H,(H,19,20)/b6-5+. The highest BCUT2D eigenvalue weighted by molar-refractivity contribution is 6.53. The van der Waals surface area contributed by atoms with Crippen molar-refractivity contribution in [2.45, 2.75) is 0 Å². The number of carbonyl (C=O) groups is 4. The van der Waals surface area contributed by atoms with Gasteiger partial charge in [0.05, 0.1) is 5.57 Å². The summed E-state index contributed by atoms with van der Waals surface area (Å²) in [6, 6.07) is 5.96. The van der Waals surface area contributed by atoms with E-state index in [9.17, 15) is 24.3 Å². The van der Waals surface area contributed by atoms with Gasteiger partial charge in [0, 0.05) is 11.1 Å². The average Bonchev–Trinajstić information content (AvgIpc) is 2.44. The van der Waals surface area contributed by atoms with Crippen molar-refractivity contribution in [1.29, 1.82) is 0 Å². The molecule has 0 saturated carbocycles. The van der Waals surface area contributed by atoms with Crippen LogP contribution in [0.25, 0.3) is 5.76 Å². The number of hydrogen-bond acceptors (Lipinski definition) is 5. The van der Waals surface area contributed by atoms with Gasteiger partial charge >= 0.3 is 5.97 Å². The average molecular weight is 272 g/mol. The van der Waals surface area contributed by atoms with Crippen LogP contribution in [0.3, 0.4) is 0 Å². The molecule has 2 N–H and O–H groups in total. The Morgan fingerprint density at radius 2 is 1.60 bits per heavy atom. The fourth-order valence-corrected chi connectivity index (χ4v) is 1.77. The van der Waals surface area contributed by atoms with Crippen molar-refractivity contribution in [2.24, 2.45) is 0 Å². The van der Waals surface area contributed by atoms with E-state index >= 15 is 0 Å². The second-order valence-electron chi connectivity index (χ2n) is 3.97. The number of ketones is 3. The number of benzene rings is 1. The Labute approximate surface area is 112 Å². The molecule has 6 heteroatoms. The van der Waals surface area contributed by atoms with Gasteiger partial charge in [-0.15, -0.1) is 0 Å². The quantitative estimate of drug-likeness (QED) is 0.625. The van der Waals surface area contributed by atoms with Crippen molar-refractivity contribution in [3.63, 3.8) is 0 Å². The number of aliphatic hydroxyl groups is 1. The Bertz CT molecular complexity index is 708. The minimum Gasteiger partial charge on any atom is -0.507 e. The predicted molar refractivity (Wildman–Crippen MR) is 67.1 cm³/mol. The second kappa shape index (κ2) is 4.93. The number of Topliss-reactive ketones (excluding diaryl/α,β-unsaturated/α-hetero) is 2. The number of carbonyl (C=O) groups excluding carboxylic acids is 3. The van der Waals surface area contributed by atoms with Crippen molar-refractivity contribution in [3.05, 3.63) is 53.1 Å². The van der Waals surface area contributed by atoms with Gasteiger partial charge in [-0.1, -0.05) is 24.3 Å². The second-order valence-corrected chi connectivity index (χ2v) is 3.97. The minimum atomic E-state index is -1.70. The zero-order valence-electron chi connectivity index (χ0n) is 9.99. The van der Waals surface area contributed by atoms with Crippen molar-refractivity contribution >= 4 is 29.1 Å². The number of aliphatic carboxylic acids is 1. The van der Waals surface area contributed by atoms with E-state index in [4.69, 9.17) is 5.11 Å². The number of aliphatic hydroxyl groups excluding tert-OH is 1. The van der Waals surface area contributed by atoms with E-state index in [1.807, 2.05) is 0 Å². The highest BCUT2D eigenvalue weighted by atomic mass is 16.4. The summed E-state index contributed by atoms with van der Waals surface area (Å²) in [6.07, 6.45) is 1.45. The Hall–Kier alpha value is -3.02. The molecule has 0 aromatic heterocycles. The first-order valence-corrected chi connectivity index (χ1v) is 5.50. The molecule has 0 fully saturated rings. The largest absolute Gasteiger partial charge is 0.507 e. The number of carboxylic acid groups (broad SMARTS) is 1. The van der Waals surface area contributed by atoms with Crippen LogP contribution >= 0.6 is 0 Å². The number of fused-ring (bicyclic) bond motifs is 1. The molecule has 0 unspecified atom stereocenters.